The first-order valence-electron chi connectivity index (χ1n) is 3.32. The van der Waals surface area contributed by atoms with Crippen molar-refractivity contribution in [2.45, 2.75) is 17.3 Å². The van der Waals surface area contributed by atoms with Crippen molar-refractivity contribution in [2.24, 2.45) is 5.73 Å². The van der Waals surface area contributed by atoms with Crippen LogP contribution in [0.2, 0.25) is 0 Å². The lowest BCUT2D eigenvalue weighted by Crippen LogP contribution is -2.01. The van der Waals surface area contributed by atoms with Gasteiger partial charge in [-0.05, 0) is 6.92 Å². The minimum atomic E-state index is -3.16. The van der Waals surface area contributed by atoms with Crippen molar-refractivity contribution in [1.82, 2.24) is 4.98 Å². The van der Waals surface area contributed by atoms with Gasteiger partial charge in [-0.3, -0.25) is 0 Å². The topological polar surface area (TPSA) is 73.0 Å². The van der Waals surface area contributed by atoms with Crippen LogP contribution in [0.4, 0.5) is 0 Å². The SMILES string of the molecule is C[C@H](N)c1cnc(S(C)(=O)=O)s1. The van der Waals surface area contributed by atoms with Crippen LogP contribution in [0.5, 0.6) is 0 Å². The maximum atomic E-state index is 11.0. The second-order valence-electron chi connectivity index (χ2n) is 2.59. The minimum absolute atomic E-state index is 0.134. The number of hydrogen-bond donors (Lipinski definition) is 1. The van der Waals surface area contributed by atoms with Gasteiger partial charge < -0.3 is 5.73 Å². The summed E-state index contributed by atoms with van der Waals surface area (Å²) < 4.78 is 22.1. The van der Waals surface area contributed by atoms with Gasteiger partial charge in [0.25, 0.3) is 0 Å². The third-order valence-corrected chi connectivity index (χ3v) is 4.16. The van der Waals surface area contributed by atoms with Crippen LogP contribution in [0.3, 0.4) is 0 Å². The molecule has 0 unspecified atom stereocenters. The first-order valence-corrected chi connectivity index (χ1v) is 6.03. The molecule has 0 bridgehead atoms. The molecule has 0 saturated carbocycles. The summed E-state index contributed by atoms with van der Waals surface area (Å²) in [5.41, 5.74) is 5.55. The van der Waals surface area contributed by atoms with Gasteiger partial charge in [-0.2, -0.15) is 0 Å². The van der Waals surface area contributed by atoms with E-state index >= 15 is 0 Å². The molecule has 2 N–H and O–H groups in total. The number of aromatic nitrogens is 1. The monoisotopic (exact) mass is 206 g/mol. The maximum absolute atomic E-state index is 11.0. The highest BCUT2D eigenvalue weighted by Gasteiger charge is 2.13. The number of nitrogens with two attached hydrogens (primary N) is 1. The van der Waals surface area contributed by atoms with Gasteiger partial charge in [0.15, 0.2) is 0 Å². The van der Waals surface area contributed by atoms with Crippen LogP contribution in [0.25, 0.3) is 0 Å². The molecule has 0 fully saturated rings. The lowest BCUT2D eigenvalue weighted by Gasteiger charge is -1.96. The van der Waals surface area contributed by atoms with Crippen LogP contribution in [0.15, 0.2) is 10.5 Å². The van der Waals surface area contributed by atoms with E-state index in [1.165, 1.54) is 6.20 Å². The third-order valence-electron chi connectivity index (χ3n) is 1.27. The van der Waals surface area contributed by atoms with Gasteiger partial charge in [0.05, 0.1) is 0 Å². The van der Waals surface area contributed by atoms with E-state index < -0.39 is 9.84 Å². The highest BCUT2D eigenvalue weighted by molar-refractivity contribution is 7.92. The molecule has 1 heterocycles. The van der Waals surface area contributed by atoms with Crippen LogP contribution < -0.4 is 5.73 Å². The van der Waals surface area contributed by atoms with Crippen LogP contribution >= 0.6 is 11.3 Å². The van der Waals surface area contributed by atoms with Gasteiger partial charge in [-0.1, -0.05) is 0 Å². The number of nitrogens with zero attached hydrogens (tertiary/aromatic N) is 1. The highest BCUT2D eigenvalue weighted by atomic mass is 32.2. The van der Waals surface area contributed by atoms with E-state index in [0.29, 0.717) is 0 Å². The fourth-order valence-corrected chi connectivity index (χ4v) is 2.39. The number of hydrogen-bond acceptors (Lipinski definition) is 5. The maximum Gasteiger partial charge on any atom is 0.209 e. The summed E-state index contributed by atoms with van der Waals surface area (Å²) in [6.07, 6.45) is 2.64. The van der Waals surface area contributed by atoms with Crippen molar-refractivity contribution >= 4 is 21.2 Å². The smallest absolute Gasteiger partial charge is 0.209 e. The second kappa shape index (κ2) is 3.12. The largest absolute Gasteiger partial charge is 0.323 e. The van der Waals surface area contributed by atoms with Gasteiger partial charge in [0.1, 0.15) is 0 Å². The number of thiazole rings is 1. The molecule has 1 aromatic rings. The summed E-state index contributed by atoms with van der Waals surface area (Å²) in [6, 6.07) is -0.155. The van der Waals surface area contributed by atoms with Gasteiger partial charge in [-0.15, -0.1) is 11.3 Å². The molecule has 12 heavy (non-hydrogen) atoms. The van der Waals surface area contributed by atoms with Gasteiger partial charge in [0, 0.05) is 23.4 Å². The zero-order chi connectivity index (χ0) is 9.35. The first-order chi connectivity index (χ1) is 5.41. The molecule has 0 aliphatic carbocycles. The Kier molecular flexibility index (Phi) is 2.50. The van der Waals surface area contributed by atoms with Crippen LogP contribution in [0.1, 0.15) is 17.8 Å². The van der Waals surface area contributed by atoms with Crippen molar-refractivity contribution < 1.29 is 8.42 Å². The minimum Gasteiger partial charge on any atom is -0.323 e. The zero-order valence-corrected chi connectivity index (χ0v) is 8.45. The van der Waals surface area contributed by atoms with E-state index in [9.17, 15) is 8.42 Å². The Morgan fingerprint density at radius 1 is 1.67 bits per heavy atom. The van der Waals surface area contributed by atoms with Gasteiger partial charge in [0.2, 0.25) is 14.2 Å². The van der Waals surface area contributed by atoms with Gasteiger partial charge in [-0.25, -0.2) is 13.4 Å². The molecule has 4 nitrogen and oxygen atoms in total. The quantitative estimate of drug-likeness (QED) is 0.767. The summed E-state index contributed by atoms with van der Waals surface area (Å²) >= 11 is 1.12. The Morgan fingerprint density at radius 3 is 2.50 bits per heavy atom. The summed E-state index contributed by atoms with van der Waals surface area (Å²) in [4.78, 5) is 4.55. The second-order valence-corrected chi connectivity index (χ2v) is 5.84. The molecule has 68 valence electrons. The molecule has 0 saturated heterocycles. The van der Waals surface area contributed by atoms with E-state index in [0.717, 1.165) is 22.5 Å². The molecule has 0 radical (unpaired) electrons. The Hall–Kier alpha value is -0.460. The lowest BCUT2D eigenvalue weighted by atomic mass is 10.3. The van der Waals surface area contributed by atoms with Crippen LogP contribution in [-0.4, -0.2) is 19.7 Å². The summed E-state index contributed by atoms with van der Waals surface area (Å²) in [6.45, 7) is 1.79. The Labute approximate surface area is 75.4 Å². The Balaban J connectivity index is 3.09. The van der Waals surface area contributed by atoms with E-state index in [4.69, 9.17) is 5.73 Å². The predicted octanol–water partition coefficient (Wildman–Crippen LogP) is 0.566. The summed E-state index contributed by atoms with van der Waals surface area (Å²) in [7, 11) is -3.16. The number of sulfone groups is 1. The van der Waals surface area contributed by atoms with E-state index in [1.807, 2.05) is 0 Å². The normalized spacial score (nSPS) is 14.6. The van der Waals surface area contributed by atoms with Crippen molar-refractivity contribution in [3.63, 3.8) is 0 Å². The fraction of sp³-hybridized carbons (Fsp3) is 0.500. The molecule has 0 spiro atoms. The standard InChI is InChI=1S/C6H10N2O2S2/c1-4(7)5-3-8-6(11-5)12(2,9)10/h3-4H,7H2,1-2H3/t4-/m0/s1. The van der Waals surface area contributed by atoms with Crippen molar-refractivity contribution in [2.75, 3.05) is 6.26 Å². The average molecular weight is 206 g/mol. The Morgan fingerprint density at radius 2 is 2.25 bits per heavy atom. The van der Waals surface area contributed by atoms with E-state index in [2.05, 4.69) is 4.98 Å². The molecule has 1 aromatic heterocycles. The van der Waals surface area contributed by atoms with E-state index in [-0.39, 0.29) is 10.4 Å². The molecule has 0 aromatic carbocycles. The summed E-state index contributed by atoms with van der Waals surface area (Å²) in [5, 5.41) is 0. The van der Waals surface area contributed by atoms with Crippen molar-refractivity contribution in [1.29, 1.82) is 0 Å². The van der Waals surface area contributed by atoms with Crippen LogP contribution in [0, 0.1) is 0 Å². The molecule has 6 heteroatoms. The molecule has 0 aliphatic rings. The molecule has 1 rings (SSSR count). The number of rotatable bonds is 2. The molecular formula is C6H10N2O2S2. The van der Waals surface area contributed by atoms with Gasteiger partial charge >= 0.3 is 0 Å². The third kappa shape index (κ3) is 2.02. The molecule has 1 atom stereocenters. The lowest BCUT2D eigenvalue weighted by molar-refractivity contribution is 0.601. The first kappa shape index (κ1) is 9.63. The average Bonchev–Trinajstić information content (AvgIpc) is 2.30. The highest BCUT2D eigenvalue weighted by Crippen LogP contribution is 2.21. The molecule has 0 amide bonds. The van der Waals surface area contributed by atoms with E-state index in [1.54, 1.807) is 6.92 Å². The molecule has 0 aliphatic heterocycles. The predicted molar refractivity (Wildman–Crippen MR) is 47.8 cm³/mol. The summed E-state index contributed by atoms with van der Waals surface area (Å²) in [5.74, 6) is 0. The van der Waals surface area contributed by atoms with Crippen molar-refractivity contribution in [3.05, 3.63) is 11.1 Å². The molecular weight excluding hydrogens is 196 g/mol. The van der Waals surface area contributed by atoms with Crippen molar-refractivity contribution in [3.8, 4) is 0 Å². The Bertz CT molecular complexity index is 367. The zero-order valence-electron chi connectivity index (χ0n) is 6.81. The van der Waals surface area contributed by atoms with Crippen LogP contribution in [-0.2, 0) is 9.84 Å². The fourth-order valence-electron chi connectivity index (χ4n) is 0.652.